The van der Waals surface area contributed by atoms with Gasteiger partial charge >= 0.3 is 0 Å². The van der Waals surface area contributed by atoms with Gasteiger partial charge in [0.05, 0.1) is 7.11 Å². The van der Waals surface area contributed by atoms with Crippen molar-refractivity contribution in [2.24, 2.45) is 0 Å². The van der Waals surface area contributed by atoms with Crippen LogP contribution in [0.1, 0.15) is 18.4 Å². The van der Waals surface area contributed by atoms with Crippen molar-refractivity contribution < 1.29 is 4.74 Å². The molecule has 100 valence electrons. The lowest BCUT2D eigenvalue weighted by atomic mass is 10.1. The minimum atomic E-state index is 0.695. The van der Waals surface area contributed by atoms with Crippen LogP contribution in [0.4, 0.5) is 0 Å². The third kappa shape index (κ3) is 4.00. The molecule has 0 aliphatic carbocycles. The number of hydrogen-bond acceptors (Lipinski definition) is 3. The van der Waals surface area contributed by atoms with E-state index in [1.165, 1.54) is 24.9 Å². The molecule has 0 radical (unpaired) electrons. The molecule has 1 aromatic carbocycles. The van der Waals surface area contributed by atoms with Gasteiger partial charge in [-0.1, -0.05) is 12.1 Å². The second kappa shape index (κ2) is 6.76. The molecule has 1 fully saturated rings. The Bertz CT molecular complexity index is 361. The molecule has 1 aromatic rings. The van der Waals surface area contributed by atoms with Gasteiger partial charge in [0.25, 0.3) is 0 Å². The van der Waals surface area contributed by atoms with E-state index in [-0.39, 0.29) is 0 Å². The Balaban J connectivity index is 1.75. The van der Waals surface area contributed by atoms with E-state index in [4.69, 9.17) is 4.74 Å². The van der Waals surface area contributed by atoms with Crippen LogP contribution < -0.4 is 10.1 Å². The summed E-state index contributed by atoms with van der Waals surface area (Å²) < 4.78 is 5.25. The first-order valence-electron chi connectivity index (χ1n) is 6.83. The number of ether oxygens (including phenoxy) is 1. The second-order valence-corrected chi connectivity index (χ2v) is 5.16. The molecule has 0 bridgehead atoms. The highest BCUT2D eigenvalue weighted by Crippen LogP contribution is 2.13. The van der Waals surface area contributed by atoms with Gasteiger partial charge < -0.3 is 15.0 Å². The fourth-order valence-electron chi connectivity index (χ4n) is 2.53. The SMILES string of the molecule is COc1cccc(CCN(C)CC2CCCN2)c1. The minimum absolute atomic E-state index is 0.695. The summed E-state index contributed by atoms with van der Waals surface area (Å²) in [5.41, 5.74) is 1.35. The van der Waals surface area contributed by atoms with Crippen LogP contribution in [0.25, 0.3) is 0 Å². The van der Waals surface area contributed by atoms with Gasteiger partial charge in [-0.3, -0.25) is 0 Å². The van der Waals surface area contributed by atoms with E-state index < -0.39 is 0 Å². The van der Waals surface area contributed by atoms with Crippen molar-refractivity contribution in [1.29, 1.82) is 0 Å². The molecule has 2 rings (SSSR count). The Hall–Kier alpha value is -1.06. The maximum Gasteiger partial charge on any atom is 0.119 e. The van der Waals surface area contributed by atoms with Crippen LogP contribution in [0.3, 0.4) is 0 Å². The lowest BCUT2D eigenvalue weighted by molar-refractivity contribution is 0.303. The summed E-state index contributed by atoms with van der Waals surface area (Å²) in [4.78, 5) is 2.42. The van der Waals surface area contributed by atoms with E-state index in [0.717, 1.165) is 25.3 Å². The second-order valence-electron chi connectivity index (χ2n) is 5.16. The van der Waals surface area contributed by atoms with E-state index in [1.807, 2.05) is 6.07 Å². The number of likely N-dealkylation sites (N-methyl/N-ethyl adjacent to an activating group) is 1. The third-order valence-corrected chi connectivity index (χ3v) is 3.61. The van der Waals surface area contributed by atoms with Gasteiger partial charge in [0.2, 0.25) is 0 Å². The number of benzene rings is 1. The molecule has 0 amide bonds. The molecular weight excluding hydrogens is 224 g/mol. The van der Waals surface area contributed by atoms with Gasteiger partial charge in [-0.25, -0.2) is 0 Å². The Morgan fingerprint density at radius 3 is 3.06 bits per heavy atom. The third-order valence-electron chi connectivity index (χ3n) is 3.61. The first-order chi connectivity index (χ1) is 8.78. The van der Waals surface area contributed by atoms with Crippen molar-refractivity contribution >= 4 is 0 Å². The fraction of sp³-hybridized carbons (Fsp3) is 0.600. The summed E-state index contributed by atoms with van der Waals surface area (Å²) in [6.45, 7) is 3.45. The number of rotatable bonds is 6. The fourth-order valence-corrected chi connectivity index (χ4v) is 2.53. The maximum absolute atomic E-state index is 5.25. The molecule has 1 heterocycles. The molecule has 1 N–H and O–H groups in total. The van der Waals surface area contributed by atoms with Crippen molar-refractivity contribution in [3.8, 4) is 5.75 Å². The van der Waals surface area contributed by atoms with Gasteiger partial charge in [0.15, 0.2) is 0 Å². The summed E-state index contributed by atoms with van der Waals surface area (Å²) in [5.74, 6) is 0.951. The van der Waals surface area contributed by atoms with Crippen LogP contribution >= 0.6 is 0 Å². The topological polar surface area (TPSA) is 24.5 Å². The average molecular weight is 248 g/mol. The van der Waals surface area contributed by atoms with E-state index in [1.54, 1.807) is 7.11 Å². The van der Waals surface area contributed by atoms with Gasteiger partial charge in [0, 0.05) is 19.1 Å². The Morgan fingerprint density at radius 1 is 1.44 bits per heavy atom. The van der Waals surface area contributed by atoms with Crippen molar-refractivity contribution in [3.05, 3.63) is 29.8 Å². The van der Waals surface area contributed by atoms with Crippen molar-refractivity contribution in [2.75, 3.05) is 33.8 Å². The highest BCUT2D eigenvalue weighted by atomic mass is 16.5. The quantitative estimate of drug-likeness (QED) is 0.832. The molecule has 1 aliphatic rings. The molecule has 1 saturated heterocycles. The minimum Gasteiger partial charge on any atom is -0.497 e. The largest absolute Gasteiger partial charge is 0.497 e. The molecule has 1 unspecified atom stereocenters. The predicted molar refractivity (Wildman–Crippen MR) is 75.2 cm³/mol. The summed E-state index contributed by atoms with van der Waals surface area (Å²) in [7, 11) is 3.93. The Labute approximate surface area is 110 Å². The molecule has 1 aliphatic heterocycles. The normalized spacial score (nSPS) is 19.4. The summed E-state index contributed by atoms with van der Waals surface area (Å²) in [6, 6.07) is 9.05. The molecular formula is C15H24N2O. The number of methoxy groups -OCH3 is 1. The van der Waals surface area contributed by atoms with Crippen LogP contribution in [0, 0.1) is 0 Å². The lowest BCUT2D eigenvalue weighted by Crippen LogP contribution is -2.36. The zero-order chi connectivity index (χ0) is 12.8. The summed E-state index contributed by atoms with van der Waals surface area (Å²) >= 11 is 0. The van der Waals surface area contributed by atoms with E-state index in [9.17, 15) is 0 Å². The van der Waals surface area contributed by atoms with Gasteiger partial charge in [0.1, 0.15) is 5.75 Å². The van der Waals surface area contributed by atoms with Crippen molar-refractivity contribution in [2.45, 2.75) is 25.3 Å². The monoisotopic (exact) mass is 248 g/mol. The first-order valence-corrected chi connectivity index (χ1v) is 6.83. The highest BCUT2D eigenvalue weighted by molar-refractivity contribution is 5.28. The molecule has 0 saturated carbocycles. The average Bonchev–Trinajstić information content (AvgIpc) is 2.89. The van der Waals surface area contributed by atoms with Gasteiger partial charge in [-0.05, 0) is 50.6 Å². The van der Waals surface area contributed by atoms with Crippen LogP contribution in [0.2, 0.25) is 0 Å². The van der Waals surface area contributed by atoms with E-state index in [0.29, 0.717) is 6.04 Å². The van der Waals surface area contributed by atoms with Crippen molar-refractivity contribution in [3.63, 3.8) is 0 Å². The number of nitrogens with one attached hydrogen (secondary N) is 1. The molecule has 1 atom stereocenters. The van der Waals surface area contributed by atoms with Crippen LogP contribution in [0.15, 0.2) is 24.3 Å². The van der Waals surface area contributed by atoms with E-state index in [2.05, 4.69) is 35.5 Å². The lowest BCUT2D eigenvalue weighted by Gasteiger charge is -2.21. The zero-order valence-electron chi connectivity index (χ0n) is 11.5. The highest BCUT2D eigenvalue weighted by Gasteiger charge is 2.15. The molecule has 18 heavy (non-hydrogen) atoms. The predicted octanol–water partition coefficient (Wildman–Crippen LogP) is 1.92. The standard InChI is InChI=1S/C15H24N2O/c1-17(12-14-6-4-9-16-14)10-8-13-5-3-7-15(11-13)18-2/h3,5,7,11,14,16H,4,6,8-10,12H2,1-2H3. The smallest absolute Gasteiger partial charge is 0.119 e. The Kier molecular flexibility index (Phi) is 5.02. The zero-order valence-corrected chi connectivity index (χ0v) is 11.5. The first kappa shape index (κ1) is 13.4. The number of nitrogens with zero attached hydrogens (tertiary/aromatic N) is 1. The maximum atomic E-state index is 5.25. The van der Waals surface area contributed by atoms with Crippen LogP contribution in [0.5, 0.6) is 5.75 Å². The molecule has 3 nitrogen and oxygen atoms in total. The molecule has 3 heteroatoms. The Morgan fingerprint density at radius 2 is 2.33 bits per heavy atom. The molecule has 0 aromatic heterocycles. The number of hydrogen-bond donors (Lipinski definition) is 1. The summed E-state index contributed by atoms with van der Waals surface area (Å²) in [5, 5.41) is 3.54. The summed E-state index contributed by atoms with van der Waals surface area (Å²) in [6.07, 6.45) is 3.73. The van der Waals surface area contributed by atoms with Gasteiger partial charge in [-0.2, -0.15) is 0 Å². The van der Waals surface area contributed by atoms with E-state index >= 15 is 0 Å². The van der Waals surface area contributed by atoms with Crippen LogP contribution in [-0.2, 0) is 6.42 Å². The van der Waals surface area contributed by atoms with Gasteiger partial charge in [-0.15, -0.1) is 0 Å². The van der Waals surface area contributed by atoms with Crippen molar-refractivity contribution in [1.82, 2.24) is 10.2 Å². The molecule has 0 spiro atoms. The van der Waals surface area contributed by atoms with Crippen LogP contribution in [-0.4, -0.2) is 44.7 Å².